The van der Waals surface area contributed by atoms with E-state index in [0.29, 0.717) is 31.0 Å². The molecule has 0 bridgehead atoms. The van der Waals surface area contributed by atoms with Crippen LogP contribution in [0, 0.1) is 5.92 Å². The number of nitrogens with zero attached hydrogens (tertiary/aromatic N) is 4. The number of hydrogen-bond acceptors (Lipinski definition) is 9. The molecule has 3 aliphatic rings. The number of sulfonamides is 1. The molecular weight excluding hydrogens is 667 g/mol. The van der Waals surface area contributed by atoms with Gasteiger partial charge in [-0.2, -0.15) is 4.31 Å². The van der Waals surface area contributed by atoms with Crippen LogP contribution in [0.15, 0.2) is 59.6 Å². The fourth-order valence-corrected chi connectivity index (χ4v) is 9.37. The summed E-state index contributed by atoms with van der Waals surface area (Å²) in [6, 6.07) is 13.7. The molecule has 262 valence electrons. The average molecular weight is 710 g/mol. The molecule has 3 aromatic rings. The molecule has 2 saturated heterocycles. The second-order valence-corrected chi connectivity index (χ2v) is 16.9. The average Bonchev–Trinajstić information content (AvgIpc) is 3.72. The van der Waals surface area contributed by atoms with E-state index in [4.69, 9.17) is 4.74 Å². The topological polar surface area (TPSA) is 149 Å². The first-order valence-corrected chi connectivity index (χ1v) is 19.0. The van der Waals surface area contributed by atoms with Crippen LogP contribution in [0.5, 0.6) is 0 Å². The van der Waals surface area contributed by atoms with Gasteiger partial charge in [-0.3, -0.25) is 4.79 Å². The van der Waals surface area contributed by atoms with Crippen molar-refractivity contribution in [1.29, 1.82) is 0 Å². The number of carbonyl (C=O) groups excluding carboxylic acids is 2. The lowest BCUT2D eigenvalue weighted by atomic mass is 9.82. The summed E-state index contributed by atoms with van der Waals surface area (Å²) in [7, 11) is -4.10. The second-order valence-electron chi connectivity index (χ2n) is 14.0. The summed E-state index contributed by atoms with van der Waals surface area (Å²) < 4.78 is 34.7. The number of aromatic carboxylic acids is 1. The van der Waals surface area contributed by atoms with Gasteiger partial charge in [-0.1, -0.05) is 49.6 Å². The number of carboxylic acids is 1. The lowest BCUT2D eigenvalue weighted by Crippen LogP contribution is -2.60. The largest absolute Gasteiger partial charge is 0.477 e. The fourth-order valence-electron chi connectivity index (χ4n) is 7.02. The summed E-state index contributed by atoms with van der Waals surface area (Å²) in [6.45, 7) is 6.20. The van der Waals surface area contributed by atoms with Crippen molar-refractivity contribution in [3.05, 3.63) is 59.6 Å². The number of ether oxygens (including phenoxy) is 1. The number of carbonyl (C=O) groups is 3. The van der Waals surface area contributed by atoms with Gasteiger partial charge in [0.05, 0.1) is 24.3 Å². The van der Waals surface area contributed by atoms with E-state index in [-0.39, 0.29) is 28.3 Å². The third kappa shape index (κ3) is 7.76. The highest BCUT2D eigenvalue weighted by molar-refractivity contribution is 7.89. The summed E-state index contributed by atoms with van der Waals surface area (Å²) in [4.78, 5) is 47.5. The monoisotopic (exact) mass is 709 g/mol. The Morgan fingerprint density at radius 2 is 1.76 bits per heavy atom. The normalized spacial score (nSPS) is 21.2. The molecular formula is C35H43N5O7S2. The van der Waals surface area contributed by atoms with Crippen LogP contribution >= 0.6 is 11.3 Å². The van der Waals surface area contributed by atoms with Crippen LogP contribution in [0.25, 0.3) is 10.4 Å². The number of piperazine rings is 1. The minimum Gasteiger partial charge on any atom is -0.477 e. The number of thiophene rings is 1. The quantitative estimate of drug-likeness (QED) is 0.305. The molecule has 2 atom stereocenters. The van der Waals surface area contributed by atoms with E-state index in [1.54, 1.807) is 37.8 Å². The molecule has 2 aliphatic heterocycles. The van der Waals surface area contributed by atoms with Crippen LogP contribution in [0.2, 0.25) is 0 Å². The Morgan fingerprint density at radius 1 is 1.02 bits per heavy atom. The van der Waals surface area contributed by atoms with Crippen LogP contribution in [-0.2, 0) is 19.6 Å². The minimum atomic E-state index is -4.10. The molecule has 2 N–H and O–H groups in total. The van der Waals surface area contributed by atoms with E-state index in [1.165, 1.54) is 16.6 Å². The van der Waals surface area contributed by atoms with Gasteiger partial charge < -0.3 is 25.0 Å². The maximum absolute atomic E-state index is 14.0. The molecule has 1 saturated carbocycles. The maximum atomic E-state index is 14.0. The van der Waals surface area contributed by atoms with Crippen molar-refractivity contribution in [3.63, 3.8) is 0 Å². The SMILES string of the molecule is CC(C)(C)OC(=O)N[C@@H]1CCN(c2ccc(S(=O)(=O)N3CC(=O)N(c4cc(-c5ccccc5)sc4C(=O)O)[C@H](C4CCCCC4)C3)cn2)C1. The van der Waals surface area contributed by atoms with Gasteiger partial charge in [0, 0.05) is 30.7 Å². The number of nitrogens with one attached hydrogen (secondary N) is 1. The Bertz CT molecular complexity index is 1780. The number of pyridine rings is 1. The smallest absolute Gasteiger partial charge is 0.407 e. The van der Waals surface area contributed by atoms with Gasteiger partial charge in [-0.15, -0.1) is 11.3 Å². The molecule has 1 aliphatic carbocycles. The predicted octanol–water partition coefficient (Wildman–Crippen LogP) is 5.60. The van der Waals surface area contributed by atoms with Gasteiger partial charge in [0.25, 0.3) is 0 Å². The highest BCUT2D eigenvalue weighted by atomic mass is 32.2. The molecule has 49 heavy (non-hydrogen) atoms. The lowest BCUT2D eigenvalue weighted by Gasteiger charge is -2.44. The van der Waals surface area contributed by atoms with Crippen molar-refractivity contribution >= 4 is 50.8 Å². The zero-order chi connectivity index (χ0) is 34.9. The highest BCUT2D eigenvalue weighted by Crippen LogP contribution is 2.42. The Balaban J connectivity index is 1.22. The molecule has 2 amide bonds. The molecule has 0 radical (unpaired) electrons. The van der Waals surface area contributed by atoms with Crippen LogP contribution in [0.1, 0.15) is 69.0 Å². The van der Waals surface area contributed by atoms with E-state index in [2.05, 4.69) is 10.3 Å². The number of amides is 2. The van der Waals surface area contributed by atoms with Crippen molar-refractivity contribution in [3.8, 4) is 10.4 Å². The van der Waals surface area contributed by atoms with Crippen LogP contribution in [-0.4, -0.2) is 84.6 Å². The summed E-state index contributed by atoms with van der Waals surface area (Å²) >= 11 is 1.12. The number of carboxylic acid groups (broad SMARTS) is 1. The lowest BCUT2D eigenvalue weighted by molar-refractivity contribution is -0.121. The molecule has 14 heteroatoms. The van der Waals surface area contributed by atoms with Crippen molar-refractivity contribution in [2.75, 3.05) is 36.0 Å². The van der Waals surface area contributed by atoms with E-state index in [9.17, 15) is 27.9 Å². The first-order valence-electron chi connectivity index (χ1n) is 16.8. The van der Waals surface area contributed by atoms with Crippen molar-refractivity contribution in [2.24, 2.45) is 5.92 Å². The van der Waals surface area contributed by atoms with Crippen LogP contribution in [0.4, 0.5) is 16.3 Å². The van der Waals surface area contributed by atoms with Crippen LogP contribution < -0.4 is 15.1 Å². The Labute approximate surface area is 291 Å². The Kier molecular flexibility index (Phi) is 10.0. The second kappa shape index (κ2) is 14.1. The van der Waals surface area contributed by atoms with Gasteiger partial charge in [0.1, 0.15) is 21.2 Å². The third-order valence-corrected chi connectivity index (χ3v) is 12.3. The van der Waals surface area contributed by atoms with E-state index in [1.807, 2.05) is 35.2 Å². The number of anilines is 2. The summed E-state index contributed by atoms with van der Waals surface area (Å²) in [5, 5.41) is 13.1. The standard InChI is InChI=1S/C35H43N5O7S2/c1-35(2,3)47-34(44)37-25-16-17-38(20-25)30-15-14-26(19-36-30)49(45,46)39-21-28(23-10-6-4-7-11-23)40(31(41)22-39)27-18-29(48-32(27)33(42)43)24-12-8-5-9-13-24/h5,8-9,12-15,18-19,23,25,28H,4,6-7,10-11,16-17,20-22H2,1-3H3,(H,37,44)(H,42,43)/t25-,28+/m1/s1. The van der Waals surface area contributed by atoms with E-state index >= 15 is 0 Å². The predicted molar refractivity (Wildman–Crippen MR) is 188 cm³/mol. The zero-order valence-corrected chi connectivity index (χ0v) is 29.6. The summed E-state index contributed by atoms with van der Waals surface area (Å²) in [5.74, 6) is -0.962. The van der Waals surface area contributed by atoms with Crippen molar-refractivity contribution in [2.45, 2.75) is 81.9 Å². The molecule has 12 nitrogen and oxygen atoms in total. The number of hydrogen-bond donors (Lipinski definition) is 2. The van der Waals surface area contributed by atoms with Gasteiger partial charge in [0.2, 0.25) is 15.9 Å². The van der Waals surface area contributed by atoms with Gasteiger partial charge in [-0.25, -0.2) is 23.0 Å². The zero-order valence-electron chi connectivity index (χ0n) is 28.0. The molecule has 0 unspecified atom stereocenters. The van der Waals surface area contributed by atoms with Crippen molar-refractivity contribution < 1.29 is 32.6 Å². The van der Waals surface area contributed by atoms with E-state index < -0.39 is 46.2 Å². The van der Waals surface area contributed by atoms with Crippen LogP contribution in [0.3, 0.4) is 0 Å². The first kappa shape index (κ1) is 34.8. The molecule has 6 rings (SSSR count). The van der Waals surface area contributed by atoms with Gasteiger partial charge >= 0.3 is 12.1 Å². The number of aromatic nitrogens is 1. The molecule has 2 aromatic heterocycles. The number of rotatable bonds is 8. The number of alkyl carbamates (subject to hydrolysis) is 1. The Hall–Kier alpha value is -4.01. The molecule has 0 spiro atoms. The van der Waals surface area contributed by atoms with Crippen molar-refractivity contribution in [1.82, 2.24) is 14.6 Å². The molecule has 3 fully saturated rings. The van der Waals surface area contributed by atoms with E-state index in [0.717, 1.165) is 53.9 Å². The maximum Gasteiger partial charge on any atom is 0.407 e. The third-order valence-electron chi connectivity index (χ3n) is 9.31. The number of benzene rings is 1. The Morgan fingerprint density at radius 3 is 2.41 bits per heavy atom. The highest BCUT2D eigenvalue weighted by Gasteiger charge is 2.44. The summed E-state index contributed by atoms with van der Waals surface area (Å²) in [6.07, 6.45) is 6.20. The molecule has 1 aromatic carbocycles. The molecule has 4 heterocycles. The van der Waals surface area contributed by atoms with Gasteiger partial charge in [0.15, 0.2) is 0 Å². The first-order chi connectivity index (χ1) is 23.3. The van der Waals surface area contributed by atoms with Gasteiger partial charge in [-0.05, 0) is 69.7 Å². The summed E-state index contributed by atoms with van der Waals surface area (Å²) in [5.41, 5.74) is 0.574. The fraction of sp³-hybridized carbons (Fsp3) is 0.486. The minimum absolute atomic E-state index is 0.0179.